The lowest BCUT2D eigenvalue weighted by molar-refractivity contribution is 0.0558. The average Bonchev–Trinajstić information content (AvgIpc) is 3.20. The molecule has 2 amide bonds. The normalized spacial score (nSPS) is 15.6. The van der Waals surface area contributed by atoms with Gasteiger partial charge in [-0.15, -0.1) is 0 Å². The number of halogens is 1. The average molecular weight is 482 g/mol. The number of nitrogens with zero attached hydrogens (tertiary/aromatic N) is 2. The van der Waals surface area contributed by atoms with Crippen molar-refractivity contribution >= 4 is 17.6 Å². The predicted octanol–water partition coefficient (Wildman–Crippen LogP) is 2.97. The molecule has 1 fully saturated rings. The molecule has 2 heterocycles. The van der Waals surface area contributed by atoms with Crippen LogP contribution < -0.4 is 21.5 Å². The first-order chi connectivity index (χ1) is 16.8. The number of methoxy groups -OCH3 is 1. The number of nitrogens with two attached hydrogens (primary N) is 2. The summed E-state index contributed by atoms with van der Waals surface area (Å²) in [5, 5.41) is 7.42. The minimum absolute atomic E-state index is 0.0639. The molecule has 1 atom stereocenters. The molecule has 1 saturated heterocycles. The van der Waals surface area contributed by atoms with Gasteiger partial charge in [-0.2, -0.15) is 5.10 Å². The minimum atomic E-state index is -0.654. The molecule has 184 valence electrons. The maximum atomic E-state index is 13.6. The van der Waals surface area contributed by atoms with E-state index in [1.165, 1.54) is 19.2 Å². The number of ether oxygens (including phenoxy) is 2. The van der Waals surface area contributed by atoms with Crippen molar-refractivity contribution in [2.24, 2.45) is 5.73 Å². The molecular formula is C25H28FN5O4. The highest BCUT2D eigenvalue weighted by Gasteiger charge is 2.27. The van der Waals surface area contributed by atoms with Crippen LogP contribution in [0, 0.1) is 12.7 Å². The van der Waals surface area contributed by atoms with Gasteiger partial charge in [0, 0.05) is 18.7 Å². The van der Waals surface area contributed by atoms with Gasteiger partial charge in [0.2, 0.25) is 0 Å². The monoisotopic (exact) mass is 481 g/mol. The number of carbonyl (C=O) groups is 2. The van der Waals surface area contributed by atoms with Gasteiger partial charge in [0.1, 0.15) is 28.6 Å². The molecule has 2 aromatic carbocycles. The Kier molecular flexibility index (Phi) is 7.02. The molecule has 35 heavy (non-hydrogen) atoms. The number of carbonyl (C=O) groups excluding carboxylic acids is 2. The lowest BCUT2D eigenvalue weighted by atomic mass is 10.0. The number of hydrogen-bond acceptors (Lipinski definition) is 6. The van der Waals surface area contributed by atoms with Crippen molar-refractivity contribution in [3.63, 3.8) is 0 Å². The number of hydrogen-bond donors (Lipinski definition) is 3. The molecular weight excluding hydrogens is 453 g/mol. The van der Waals surface area contributed by atoms with E-state index in [0.29, 0.717) is 24.5 Å². The van der Waals surface area contributed by atoms with Crippen LogP contribution in [0.1, 0.15) is 50.7 Å². The zero-order valence-electron chi connectivity index (χ0n) is 19.6. The molecule has 1 aliphatic heterocycles. The summed E-state index contributed by atoms with van der Waals surface area (Å²) in [6.45, 7) is 3.25. The van der Waals surface area contributed by atoms with E-state index in [1.54, 1.807) is 10.7 Å². The quantitative estimate of drug-likeness (QED) is 0.475. The third kappa shape index (κ3) is 4.97. The topological polar surface area (TPSA) is 134 Å². The summed E-state index contributed by atoms with van der Waals surface area (Å²) >= 11 is 0. The number of primary amides is 1. The first kappa shape index (κ1) is 24.2. The Balaban J connectivity index is 1.57. The number of nitrogen functional groups attached to an aromatic ring is 1. The highest BCUT2D eigenvalue weighted by Crippen LogP contribution is 2.32. The van der Waals surface area contributed by atoms with Gasteiger partial charge in [-0.1, -0.05) is 12.1 Å². The van der Waals surface area contributed by atoms with Crippen LogP contribution in [0.2, 0.25) is 0 Å². The summed E-state index contributed by atoms with van der Waals surface area (Å²) in [5.74, 6) is -1.13. The number of benzene rings is 2. The van der Waals surface area contributed by atoms with Gasteiger partial charge < -0.3 is 26.3 Å². The van der Waals surface area contributed by atoms with Crippen LogP contribution >= 0.6 is 0 Å². The van der Waals surface area contributed by atoms with Crippen LogP contribution in [-0.2, 0) is 11.3 Å². The van der Waals surface area contributed by atoms with Gasteiger partial charge in [-0.3, -0.25) is 9.59 Å². The number of amides is 2. The predicted molar refractivity (Wildman–Crippen MR) is 129 cm³/mol. The van der Waals surface area contributed by atoms with E-state index in [1.807, 2.05) is 19.1 Å². The van der Waals surface area contributed by atoms with E-state index < -0.39 is 17.6 Å². The van der Waals surface area contributed by atoms with Gasteiger partial charge in [0.25, 0.3) is 11.8 Å². The van der Waals surface area contributed by atoms with Crippen LogP contribution in [-0.4, -0.2) is 41.9 Å². The fraction of sp³-hybridized carbons (Fsp3) is 0.320. The van der Waals surface area contributed by atoms with Crippen molar-refractivity contribution < 1.29 is 23.5 Å². The molecule has 4 rings (SSSR count). The molecule has 1 unspecified atom stereocenters. The van der Waals surface area contributed by atoms with Crippen LogP contribution in [0.4, 0.5) is 10.2 Å². The van der Waals surface area contributed by atoms with Crippen LogP contribution in [0.25, 0.3) is 11.3 Å². The zero-order chi connectivity index (χ0) is 25.1. The van der Waals surface area contributed by atoms with Gasteiger partial charge in [0.15, 0.2) is 0 Å². The lowest BCUT2D eigenvalue weighted by Crippen LogP contribution is -2.24. The maximum absolute atomic E-state index is 13.6. The summed E-state index contributed by atoms with van der Waals surface area (Å²) in [5.41, 5.74) is 15.0. The highest BCUT2D eigenvalue weighted by atomic mass is 19.1. The maximum Gasteiger partial charge on any atom is 0.255 e. The zero-order valence-corrected chi connectivity index (χ0v) is 19.6. The Morgan fingerprint density at radius 2 is 2.09 bits per heavy atom. The largest absolute Gasteiger partial charge is 0.496 e. The first-order valence-corrected chi connectivity index (χ1v) is 11.3. The fourth-order valence-corrected chi connectivity index (χ4v) is 4.26. The van der Waals surface area contributed by atoms with Crippen LogP contribution in [0.3, 0.4) is 0 Å². The van der Waals surface area contributed by atoms with Crippen molar-refractivity contribution in [2.75, 3.05) is 26.1 Å². The first-order valence-electron chi connectivity index (χ1n) is 11.3. The van der Waals surface area contributed by atoms with E-state index in [-0.39, 0.29) is 35.3 Å². The summed E-state index contributed by atoms with van der Waals surface area (Å²) in [4.78, 5) is 24.8. The molecule has 1 aliphatic rings. The Morgan fingerprint density at radius 3 is 2.74 bits per heavy atom. The van der Waals surface area contributed by atoms with Gasteiger partial charge in [-0.05, 0) is 55.2 Å². The summed E-state index contributed by atoms with van der Waals surface area (Å²) in [7, 11) is 1.42. The number of anilines is 1. The molecule has 0 bridgehead atoms. The second-order valence-corrected chi connectivity index (χ2v) is 8.46. The van der Waals surface area contributed by atoms with Crippen molar-refractivity contribution in [3.05, 3.63) is 64.5 Å². The summed E-state index contributed by atoms with van der Waals surface area (Å²) < 4.78 is 26.0. The van der Waals surface area contributed by atoms with E-state index in [9.17, 15) is 14.0 Å². The second kappa shape index (κ2) is 10.1. The highest BCUT2D eigenvalue weighted by molar-refractivity contribution is 6.03. The van der Waals surface area contributed by atoms with E-state index in [0.717, 1.165) is 30.0 Å². The number of aromatic nitrogens is 2. The molecule has 1 aromatic heterocycles. The number of nitrogens with one attached hydrogen (secondary N) is 1. The van der Waals surface area contributed by atoms with E-state index >= 15 is 0 Å². The van der Waals surface area contributed by atoms with Gasteiger partial charge >= 0.3 is 0 Å². The third-order valence-corrected chi connectivity index (χ3v) is 6.14. The Hall–Kier alpha value is -3.92. The van der Waals surface area contributed by atoms with Crippen LogP contribution in [0.15, 0.2) is 36.4 Å². The fourth-order valence-electron chi connectivity index (χ4n) is 4.26. The van der Waals surface area contributed by atoms with Crippen molar-refractivity contribution in [1.82, 2.24) is 15.1 Å². The lowest BCUT2D eigenvalue weighted by Gasteiger charge is -2.23. The van der Waals surface area contributed by atoms with Gasteiger partial charge in [0.05, 0.1) is 25.3 Å². The van der Waals surface area contributed by atoms with E-state index in [2.05, 4.69) is 10.4 Å². The molecule has 0 saturated carbocycles. The molecule has 0 spiro atoms. The van der Waals surface area contributed by atoms with Crippen molar-refractivity contribution in [2.45, 2.75) is 32.4 Å². The number of aryl methyl sites for hydroxylation is 1. The smallest absolute Gasteiger partial charge is 0.255 e. The summed E-state index contributed by atoms with van der Waals surface area (Å²) in [6, 6.07) is 9.20. The SMILES string of the molecule is COc1ccc(F)cc1C(=O)NCc1ccc(-c2nn(C3CCCOC3)c(N)c2C(N)=O)cc1C. The van der Waals surface area contributed by atoms with Gasteiger partial charge in [-0.25, -0.2) is 9.07 Å². The Morgan fingerprint density at radius 1 is 1.29 bits per heavy atom. The standard InChI is InChI=1S/C25H28FN5O4/c1-14-10-15(22-21(24(28)32)23(27)31(30-22)18-4-3-9-35-13-18)5-6-16(14)12-29-25(33)19-11-17(26)7-8-20(19)34-2/h5-8,10-11,18H,3-4,9,12-13,27H2,1-2H3,(H2,28,32)(H,29,33). The van der Waals surface area contributed by atoms with Crippen molar-refractivity contribution in [1.29, 1.82) is 0 Å². The molecule has 0 radical (unpaired) electrons. The molecule has 0 aliphatic carbocycles. The Bertz CT molecular complexity index is 1270. The second-order valence-electron chi connectivity index (χ2n) is 8.46. The summed E-state index contributed by atoms with van der Waals surface area (Å²) in [6.07, 6.45) is 1.73. The molecule has 5 N–H and O–H groups in total. The van der Waals surface area contributed by atoms with Crippen LogP contribution in [0.5, 0.6) is 5.75 Å². The molecule has 3 aromatic rings. The minimum Gasteiger partial charge on any atom is -0.496 e. The Labute approximate surface area is 202 Å². The third-order valence-electron chi connectivity index (χ3n) is 6.14. The molecule has 10 heteroatoms. The van der Waals surface area contributed by atoms with E-state index in [4.69, 9.17) is 20.9 Å². The molecule has 9 nitrogen and oxygen atoms in total. The van der Waals surface area contributed by atoms with Crippen molar-refractivity contribution in [3.8, 4) is 17.0 Å². The number of rotatable bonds is 7.